The Hall–Kier alpha value is -4.32. The minimum atomic E-state index is -0.0595. The molecule has 2 aliphatic carbocycles. The quantitative estimate of drug-likeness (QED) is 0.149. The molecule has 11 heteroatoms. The molecular formula is C48H66N4O7. The second-order valence-corrected chi connectivity index (χ2v) is 16.6. The molecule has 4 aliphatic rings. The normalized spacial score (nSPS) is 19.0. The number of aliphatic hydroxyl groups is 1. The minimum Gasteiger partial charge on any atom is -0.508 e. The van der Waals surface area contributed by atoms with Gasteiger partial charge in [0.25, 0.3) is 0 Å². The van der Waals surface area contributed by atoms with Gasteiger partial charge in [0, 0.05) is 23.9 Å². The summed E-state index contributed by atoms with van der Waals surface area (Å²) in [6.45, 7) is 9.84. The van der Waals surface area contributed by atoms with Crippen LogP contribution in [0.1, 0.15) is 115 Å². The highest BCUT2D eigenvalue weighted by Crippen LogP contribution is 2.27. The van der Waals surface area contributed by atoms with Gasteiger partial charge < -0.3 is 24.4 Å². The van der Waals surface area contributed by atoms with Gasteiger partial charge in [-0.3, -0.25) is 29.4 Å². The van der Waals surface area contributed by atoms with Gasteiger partial charge >= 0.3 is 11.9 Å². The number of benzene rings is 2. The number of hydrogen-bond acceptors (Lipinski definition) is 11. The zero-order valence-electron chi connectivity index (χ0n) is 35.4. The van der Waals surface area contributed by atoms with E-state index in [4.69, 9.17) is 24.3 Å². The summed E-state index contributed by atoms with van der Waals surface area (Å²) in [6.07, 6.45) is 16.0. The molecule has 4 fully saturated rings. The highest BCUT2D eigenvalue weighted by atomic mass is 16.5. The number of esters is 2. The lowest BCUT2D eigenvalue weighted by atomic mass is 9.97. The molecule has 0 unspecified atom stereocenters. The number of ether oxygens (including phenoxy) is 3. The van der Waals surface area contributed by atoms with Crippen LogP contribution in [-0.4, -0.2) is 93.5 Å². The molecule has 2 aliphatic heterocycles. The van der Waals surface area contributed by atoms with Crippen molar-refractivity contribution in [1.82, 2.24) is 19.8 Å². The Labute approximate surface area is 350 Å². The topological polar surface area (TPSA) is 135 Å². The van der Waals surface area contributed by atoms with Crippen LogP contribution in [0, 0.1) is 11.8 Å². The van der Waals surface area contributed by atoms with Crippen molar-refractivity contribution >= 4 is 33.7 Å². The van der Waals surface area contributed by atoms with Crippen LogP contribution in [0.4, 0.5) is 0 Å². The standard InChI is InChI=1S/C24H32N2O3.C18H22N2O3.C6H12O/c1-2-28-24(27)18-12-14-26(15-13-18)17-20-9-8-19-16-22(10-11-23(19)25-20)29-21-6-4-3-5-7-21;1-2-23-18(22)13-7-9-20(10-8-13)12-15-4-3-14-11-16(21)5-6-17(14)19-15;7-6-4-2-1-3-5-6/h8-11,16,18,21H,2-7,12-15,17H2,1H3;3-6,11,13,21H,2,7-10,12H2,1H3;6-7H,1-5H2. The van der Waals surface area contributed by atoms with Crippen molar-refractivity contribution in [3.05, 3.63) is 72.1 Å². The maximum absolute atomic E-state index is 11.9. The van der Waals surface area contributed by atoms with E-state index in [1.165, 1.54) is 51.4 Å². The number of carbonyl (C=O) groups excluding carboxylic acids is 2. The minimum absolute atomic E-state index is 0.0359. The molecule has 11 nitrogen and oxygen atoms in total. The highest BCUT2D eigenvalue weighted by molar-refractivity contribution is 5.81. The molecule has 2 saturated heterocycles. The number of aromatic hydroxyl groups is 1. The van der Waals surface area contributed by atoms with Gasteiger partial charge in [-0.05, 0) is 153 Å². The van der Waals surface area contributed by atoms with Crippen molar-refractivity contribution in [2.45, 2.75) is 129 Å². The average Bonchev–Trinajstić information content (AvgIpc) is 3.25. The van der Waals surface area contributed by atoms with Gasteiger partial charge in [0.1, 0.15) is 11.5 Å². The van der Waals surface area contributed by atoms with E-state index in [0.717, 1.165) is 117 Å². The summed E-state index contributed by atoms with van der Waals surface area (Å²) in [5, 5.41) is 20.5. The number of aliphatic hydroxyl groups excluding tert-OH is 1. The summed E-state index contributed by atoms with van der Waals surface area (Å²) in [4.78, 5) is 37.9. The van der Waals surface area contributed by atoms with E-state index in [1.807, 2.05) is 32.0 Å². The van der Waals surface area contributed by atoms with Crippen LogP contribution in [-0.2, 0) is 32.2 Å². The fourth-order valence-corrected chi connectivity index (χ4v) is 8.64. The average molecular weight is 811 g/mol. The summed E-state index contributed by atoms with van der Waals surface area (Å²) in [5.41, 5.74) is 3.99. The molecule has 4 heterocycles. The summed E-state index contributed by atoms with van der Waals surface area (Å²) in [6, 6.07) is 19.7. The number of phenolic OH excluding ortho intramolecular Hbond substituents is 1. The molecule has 4 aromatic rings. The number of phenols is 1. The van der Waals surface area contributed by atoms with Crippen LogP contribution in [0.5, 0.6) is 11.5 Å². The van der Waals surface area contributed by atoms with Crippen molar-refractivity contribution in [1.29, 1.82) is 0 Å². The Morgan fingerprint density at radius 2 is 1.08 bits per heavy atom. The fraction of sp³-hybridized carbons (Fsp3) is 0.583. The number of pyridine rings is 2. The fourth-order valence-electron chi connectivity index (χ4n) is 8.64. The summed E-state index contributed by atoms with van der Waals surface area (Å²) < 4.78 is 16.5. The molecule has 8 rings (SSSR count). The van der Waals surface area contributed by atoms with E-state index >= 15 is 0 Å². The number of rotatable bonds is 10. The Bertz CT molecular complexity index is 1910. The van der Waals surface area contributed by atoms with Crippen LogP contribution in [0.15, 0.2) is 60.7 Å². The van der Waals surface area contributed by atoms with Gasteiger partial charge in [-0.1, -0.05) is 37.8 Å². The molecule has 0 atom stereocenters. The van der Waals surface area contributed by atoms with E-state index in [9.17, 15) is 14.7 Å². The molecule has 0 spiro atoms. The van der Waals surface area contributed by atoms with E-state index < -0.39 is 0 Å². The van der Waals surface area contributed by atoms with Crippen LogP contribution in [0.3, 0.4) is 0 Å². The zero-order chi connectivity index (χ0) is 41.4. The molecule has 59 heavy (non-hydrogen) atoms. The first-order chi connectivity index (χ1) is 28.8. The second-order valence-electron chi connectivity index (χ2n) is 16.6. The monoisotopic (exact) mass is 810 g/mol. The number of aromatic nitrogens is 2. The molecule has 0 amide bonds. The van der Waals surface area contributed by atoms with Gasteiger partial charge in [0.2, 0.25) is 0 Å². The van der Waals surface area contributed by atoms with E-state index in [1.54, 1.807) is 12.1 Å². The first-order valence-corrected chi connectivity index (χ1v) is 22.4. The Morgan fingerprint density at radius 1 is 0.610 bits per heavy atom. The molecule has 0 radical (unpaired) electrons. The van der Waals surface area contributed by atoms with Crippen molar-refractivity contribution in [3.63, 3.8) is 0 Å². The predicted octanol–water partition coefficient (Wildman–Crippen LogP) is 8.75. The molecule has 0 bridgehead atoms. The SMILES string of the molecule is CCOC(=O)C1CCN(Cc2ccc3cc(O)ccc3n2)CC1.CCOC(=O)C1CCN(Cc2ccc3cc(OC4CCCCC4)ccc3n2)CC1.OC1CCCCC1. The molecule has 2 N–H and O–H groups in total. The second kappa shape index (κ2) is 22.9. The van der Waals surface area contributed by atoms with Gasteiger partial charge in [-0.25, -0.2) is 0 Å². The van der Waals surface area contributed by atoms with Crippen molar-refractivity contribution in [3.8, 4) is 11.5 Å². The van der Waals surface area contributed by atoms with Gasteiger partial charge in [-0.2, -0.15) is 0 Å². The van der Waals surface area contributed by atoms with Gasteiger partial charge in [0.15, 0.2) is 0 Å². The van der Waals surface area contributed by atoms with Crippen molar-refractivity contribution in [2.24, 2.45) is 11.8 Å². The Balaban J connectivity index is 0.000000173. The van der Waals surface area contributed by atoms with Crippen LogP contribution in [0.25, 0.3) is 21.8 Å². The molecule has 2 aromatic carbocycles. The van der Waals surface area contributed by atoms with Crippen molar-refractivity contribution in [2.75, 3.05) is 39.4 Å². The lowest BCUT2D eigenvalue weighted by molar-refractivity contribution is -0.150. The number of hydrogen-bond donors (Lipinski definition) is 2. The van der Waals surface area contributed by atoms with Gasteiger partial charge in [-0.15, -0.1) is 0 Å². The smallest absolute Gasteiger partial charge is 0.309 e. The first-order valence-electron chi connectivity index (χ1n) is 22.4. The van der Waals surface area contributed by atoms with Crippen LogP contribution < -0.4 is 4.74 Å². The summed E-state index contributed by atoms with van der Waals surface area (Å²) in [7, 11) is 0. The Kier molecular flexibility index (Phi) is 17.2. The third-order valence-electron chi connectivity index (χ3n) is 12.1. The molecule has 320 valence electrons. The molecule has 2 saturated carbocycles. The van der Waals surface area contributed by atoms with E-state index in [2.05, 4.69) is 45.1 Å². The number of piperidine rings is 2. The van der Waals surface area contributed by atoms with Gasteiger partial charge in [0.05, 0.1) is 59.7 Å². The summed E-state index contributed by atoms with van der Waals surface area (Å²) >= 11 is 0. The number of nitrogens with zero attached hydrogens (tertiary/aromatic N) is 4. The number of fused-ring (bicyclic) bond motifs is 2. The van der Waals surface area contributed by atoms with E-state index in [0.29, 0.717) is 19.3 Å². The number of likely N-dealkylation sites (tertiary alicyclic amines) is 2. The zero-order valence-corrected chi connectivity index (χ0v) is 35.4. The number of carbonyl (C=O) groups is 2. The molecular weight excluding hydrogens is 745 g/mol. The predicted molar refractivity (Wildman–Crippen MR) is 231 cm³/mol. The Morgan fingerprint density at radius 3 is 1.56 bits per heavy atom. The van der Waals surface area contributed by atoms with Crippen molar-refractivity contribution < 1.29 is 34.0 Å². The highest BCUT2D eigenvalue weighted by Gasteiger charge is 2.27. The maximum atomic E-state index is 11.9. The third kappa shape index (κ3) is 13.9. The maximum Gasteiger partial charge on any atom is 0.309 e. The molecule has 2 aromatic heterocycles. The lowest BCUT2D eigenvalue weighted by Crippen LogP contribution is -2.36. The lowest BCUT2D eigenvalue weighted by Gasteiger charge is -2.30. The van der Waals surface area contributed by atoms with Crippen LogP contribution >= 0.6 is 0 Å². The third-order valence-corrected chi connectivity index (χ3v) is 12.1. The first kappa shape index (κ1) is 44.2. The largest absolute Gasteiger partial charge is 0.508 e. The van der Waals surface area contributed by atoms with Crippen LogP contribution in [0.2, 0.25) is 0 Å². The van der Waals surface area contributed by atoms with E-state index in [-0.39, 0.29) is 35.6 Å². The summed E-state index contributed by atoms with van der Waals surface area (Å²) in [5.74, 6) is 1.21.